The largest absolute Gasteiger partial charge is 0.479 e. The third kappa shape index (κ3) is 5.46. The van der Waals surface area contributed by atoms with E-state index in [1.165, 1.54) is 0 Å². The number of ether oxygens (including phenoxy) is 1. The lowest BCUT2D eigenvalue weighted by molar-refractivity contribution is -0.149. The molecule has 0 saturated carbocycles. The zero-order valence-corrected chi connectivity index (χ0v) is 11.7. The molecule has 2 amide bonds. The Hall–Kier alpha value is -1.30. The van der Waals surface area contributed by atoms with E-state index in [0.717, 1.165) is 25.8 Å². The van der Waals surface area contributed by atoms with Crippen molar-refractivity contribution >= 4 is 12.0 Å². The number of nitrogens with one attached hydrogen (secondary N) is 1. The normalized spacial score (nSPS) is 22.2. The van der Waals surface area contributed by atoms with Crippen LogP contribution in [0.1, 0.15) is 39.0 Å². The summed E-state index contributed by atoms with van der Waals surface area (Å²) in [5.41, 5.74) is 0. The second-order valence-corrected chi connectivity index (χ2v) is 4.98. The lowest BCUT2D eigenvalue weighted by Gasteiger charge is -2.19. The molecule has 1 heterocycles. The Kier molecular flexibility index (Phi) is 6.62. The lowest BCUT2D eigenvalue weighted by Crippen LogP contribution is -2.41. The number of hydrogen-bond acceptors (Lipinski definition) is 3. The van der Waals surface area contributed by atoms with Crippen LogP contribution in [0.5, 0.6) is 0 Å². The molecule has 1 aliphatic rings. The van der Waals surface area contributed by atoms with Crippen molar-refractivity contribution in [2.45, 2.75) is 51.2 Å². The minimum Gasteiger partial charge on any atom is -0.479 e. The summed E-state index contributed by atoms with van der Waals surface area (Å²) in [6, 6.07) is -0.126. The second-order valence-electron chi connectivity index (χ2n) is 4.98. The first-order valence-corrected chi connectivity index (χ1v) is 6.91. The first-order chi connectivity index (χ1) is 9.04. The quantitative estimate of drug-likeness (QED) is 0.688. The molecular formula is C13H24N2O4. The first-order valence-electron chi connectivity index (χ1n) is 6.91. The van der Waals surface area contributed by atoms with Crippen LogP contribution in [0.25, 0.3) is 0 Å². The summed E-state index contributed by atoms with van der Waals surface area (Å²) in [7, 11) is 1.76. The van der Waals surface area contributed by atoms with Crippen molar-refractivity contribution in [3.05, 3.63) is 0 Å². The lowest BCUT2D eigenvalue weighted by atomic mass is 10.2. The molecule has 2 N–H and O–H groups in total. The minimum absolute atomic E-state index is 0.126. The van der Waals surface area contributed by atoms with Crippen molar-refractivity contribution in [3.8, 4) is 0 Å². The fraction of sp³-hybridized carbons (Fsp3) is 0.846. The molecule has 2 unspecified atom stereocenters. The molecule has 0 radical (unpaired) electrons. The molecule has 1 saturated heterocycles. The van der Waals surface area contributed by atoms with Gasteiger partial charge in [0.2, 0.25) is 0 Å². The van der Waals surface area contributed by atoms with Gasteiger partial charge in [0.1, 0.15) is 0 Å². The number of amides is 2. The zero-order chi connectivity index (χ0) is 14.3. The van der Waals surface area contributed by atoms with Gasteiger partial charge in [-0.1, -0.05) is 19.8 Å². The fourth-order valence-corrected chi connectivity index (χ4v) is 2.07. The minimum atomic E-state index is -0.925. The van der Waals surface area contributed by atoms with Gasteiger partial charge >= 0.3 is 12.0 Å². The molecule has 0 aromatic heterocycles. The number of hydrogen-bond donors (Lipinski definition) is 2. The summed E-state index contributed by atoms with van der Waals surface area (Å²) in [6.45, 7) is 3.24. The Balaban J connectivity index is 2.18. The molecule has 1 aliphatic heterocycles. The molecule has 19 heavy (non-hydrogen) atoms. The molecular weight excluding hydrogens is 248 g/mol. The van der Waals surface area contributed by atoms with Crippen LogP contribution in [-0.4, -0.2) is 54.4 Å². The van der Waals surface area contributed by atoms with Crippen LogP contribution in [0, 0.1) is 0 Å². The van der Waals surface area contributed by atoms with Crippen LogP contribution in [0.3, 0.4) is 0 Å². The molecule has 0 aromatic rings. The van der Waals surface area contributed by atoms with Crippen LogP contribution in [0.4, 0.5) is 4.79 Å². The molecule has 6 nitrogen and oxygen atoms in total. The number of aliphatic carboxylic acids is 1. The van der Waals surface area contributed by atoms with Crippen molar-refractivity contribution in [2.24, 2.45) is 0 Å². The summed E-state index contributed by atoms with van der Waals surface area (Å²) in [6.07, 6.45) is 3.53. The van der Waals surface area contributed by atoms with Gasteiger partial charge in [0, 0.05) is 20.1 Å². The monoisotopic (exact) mass is 272 g/mol. The predicted octanol–water partition coefficient (Wildman–Crippen LogP) is 1.45. The van der Waals surface area contributed by atoms with Gasteiger partial charge in [0.05, 0.1) is 6.10 Å². The van der Waals surface area contributed by atoms with E-state index in [1.54, 1.807) is 11.9 Å². The van der Waals surface area contributed by atoms with Crippen molar-refractivity contribution in [1.29, 1.82) is 0 Å². The molecule has 1 fully saturated rings. The van der Waals surface area contributed by atoms with Gasteiger partial charge in [-0.05, 0) is 19.3 Å². The zero-order valence-electron chi connectivity index (χ0n) is 11.7. The highest BCUT2D eigenvalue weighted by molar-refractivity contribution is 5.74. The van der Waals surface area contributed by atoms with Crippen LogP contribution in [0.15, 0.2) is 0 Å². The highest BCUT2D eigenvalue weighted by atomic mass is 16.5. The Labute approximate surface area is 114 Å². The number of carbonyl (C=O) groups excluding carboxylic acids is 1. The van der Waals surface area contributed by atoms with Gasteiger partial charge in [-0.3, -0.25) is 0 Å². The fourth-order valence-electron chi connectivity index (χ4n) is 2.07. The number of carbonyl (C=O) groups is 2. The average molecular weight is 272 g/mol. The van der Waals surface area contributed by atoms with Gasteiger partial charge < -0.3 is 20.1 Å². The smallest absolute Gasteiger partial charge is 0.332 e. The maximum Gasteiger partial charge on any atom is 0.332 e. The predicted molar refractivity (Wildman–Crippen MR) is 71.1 cm³/mol. The SMILES string of the molecule is CCCCCN(C)C(=O)NCC1CCC(C(=O)O)O1. The topological polar surface area (TPSA) is 78.9 Å². The van der Waals surface area contributed by atoms with E-state index in [2.05, 4.69) is 12.2 Å². The number of rotatable bonds is 7. The summed E-state index contributed by atoms with van der Waals surface area (Å²) >= 11 is 0. The Bertz CT molecular complexity index is 309. The van der Waals surface area contributed by atoms with E-state index >= 15 is 0 Å². The van der Waals surface area contributed by atoms with Gasteiger partial charge in [0.15, 0.2) is 6.10 Å². The number of urea groups is 1. The number of carboxylic acids is 1. The van der Waals surface area contributed by atoms with E-state index in [1.807, 2.05) is 0 Å². The molecule has 0 spiro atoms. The number of carboxylic acid groups (broad SMARTS) is 1. The third-order valence-electron chi connectivity index (χ3n) is 3.31. The molecule has 1 rings (SSSR count). The van der Waals surface area contributed by atoms with Crippen molar-refractivity contribution in [3.63, 3.8) is 0 Å². The summed E-state index contributed by atoms with van der Waals surface area (Å²) in [5, 5.41) is 11.6. The van der Waals surface area contributed by atoms with Gasteiger partial charge in [-0.25, -0.2) is 9.59 Å². The van der Waals surface area contributed by atoms with Crippen LogP contribution in [-0.2, 0) is 9.53 Å². The van der Waals surface area contributed by atoms with Crippen LogP contribution in [0.2, 0.25) is 0 Å². The maximum atomic E-state index is 11.8. The Morgan fingerprint density at radius 1 is 1.37 bits per heavy atom. The Morgan fingerprint density at radius 2 is 2.11 bits per heavy atom. The highest BCUT2D eigenvalue weighted by Crippen LogP contribution is 2.19. The first kappa shape index (κ1) is 15.8. The summed E-state index contributed by atoms with van der Waals surface area (Å²) in [5.74, 6) is -0.925. The van der Waals surface area contributed by atoms with Crippen molar-refractivity contribution in [2.75, 3.05) is 20.1 Å². The Morgan fingerprint density at radius 3 is 2.68 bits per heavy atom. The molecule has 2 atom stereocenters. The highest BCUT2D eigenvalue weighted by Gasteiger charge is 2.30. The number of nitrogens with zero attached hydrogens (tertiary/aromatic N) is 1. The van der Waals surface area contributed by atoms with Gasteiger partial charge in [-0.2, -0.15) is 0 Å². The van der Waals surface area contributed by atoms with Gasteiger partial charge in [0.25, 0.3) is 0 Å². The van der Waals surface area contributed by atoms with Crippen LogP contribution < -0.4 is 5.32 Å². The second kappa shape index (κ2) is 7.99. The van der Waals surface area contributed by atoms with E-state index < -0.39 is 12.1 Å². The standard InChI is InChI=1S/C13H24N2O4/c1-3-4-5-8-15(2)13(18)14-9-10-6-7-11(19-10)12(16)17/h10-11H,3-9H2,1-2H3,(H,14,18)(H,16,17). The average Bonchev–Trinajstić information content (AvgIpc) is 2.85. The van der Waals surface area contributed by atoms with Crippen molar-refractivity contribution in [1.82, 2.24) is 10.2 Å². The molecule has 6 heteroatoms. The molecule has 0 aromatic carbocycles. The van der Waals surface area contributed by atoms with E-state index in [4.69, 9.17) is 9.84 Å². The van der Waals surface area contributed by atoms with E-state index in [9.17, 15) is 9.59 Å². The molecule has 0 bridgehead atoms. The van der Waals surface area contributed by atoms with Gasteiger partial charge in [-0.15, -0.1) is 0 Å². The van der Waals surface area contributed by atoms with E-state index in [-0.39, 0.29) is 12.1 Å². The van der Waals surface area contributed by atoms with Crippen LogP contribution >= 0.6 is 0 Å². The molecule has 0 aliphatic carbocycles. The third-order valence-corrected chi connectivity index (χ3v) is 3.31. The summed E-state index contributed by atoms with van der Waals surface area (Å²) in [4.78, 5) is 24.1. The molecule has 110 valence electrons. The van der Waals surface area contributed by atoms with E-state index in [0.29, 0.717) is 19.4 Å². The summed E-state index contributed by atoms with van der Waals surface area (Å²) < 4.78 is 5.32. The maximum absolute atomic E-state index is 11.8. The van der Waals surface area contributed by atoms with Crippen molar-refractivity contribution < 1.29 is 19.4 Å². The number of unbranched alkanes of at least 4 members (excludes halogenated alkanes) is 2.